The van der Waals surface area contributed by atoms with Crippen molar-refractivity contribution in [1.82, 2.24) is 4.90 Å². The third-order valence-corrected chi connectivity index (χ3v) is 5.34. The molecular weight excluding hydrogens is 298 g/mol. The number of hydrogen-bond acceptors (Lipinski definition) is 2. The molecule has 2 N–H and O–H groups in total. The normalized spacial score (nSPS) is 23.4. The van der Waals surface area contributed by atoms with Crippen LogP contribution in [0, 0.1) is 17.6 Å². The van der Waals surface area contributed by atoms with E-state index in [1.165, 1.54) is 18.2 Å². The molecule has 3 nitrogen and oxygen atoms in total. The van der Waals surface area contributed by atoms with Gasteiger partial charge < -0.3 is 10.6 Å². The molecule has 1 aliphatic heterocycles. The minimum Gasteiger partial charge on any atom is -0.341 e. The van der Waals surface area contributed by atoms with Gasteiger partial charge in [0.05, 0.1) is 5.54 Å². The van der Waals surface area contributed by atoms with E-state index in [1.807, 2.05) is 4.90 Å². The molecule has 0 aromatic heterocycles. The van der Waals surface area contributed by atoms with E-state index in [0.717, 1.165) is 38.6 Å². The fourth-order valence-corrected chi connectivity index (χ4v) is 3.69. The molecule has 1 saturated heterocycles. The van der Waals surface area contributed by atoms with Crippen molar-refractivity contribution in [3.8, 4) is 0 Å². The molecule has 0 spiro atoms. The highest BCUT2D eigenvalue weighted by molar-refractivity contribution is 5.87. The Kier molecular flexibility index (Phi) is 4.67. The second-order valence-electron chi connectivity index (χ2n) is 7.01. The number of hydrogen-bond donors (Lipinski definition) is 1. The van der Waals surface area contributed by atoms with Crippen molar-refractivity contribution < 1.29 is 13.6 Å². The van der Waals surface area contributed by atoms with Crippen LogP contribution in [0.25, 0.3) is 0 Å². The zero-order valence-electron chi connectivity index (χ0n) is 13.4. The van der Waals surface area contributed by atoms with E-state index in [9.17, 15) is 13.6 Å². The molecule has 1 heterocycles. The smallest absolute Gasteiger partial charge is 0.242 e. The average molecular weight is 322 g/mol. The Balaban J connectivity index is 1.58. The summed E-state index contributed by atoms with van der Waals surface area (Å²) < 4.78 is 27.4. The average Bonchev–Trinajstić information content (AvgIpc) is 2.52. The van der Waals surface area contributed by atoms with Crippen LogP contribution in [0.1, 0.15) is 44.1 Å². The van der Waals surface area contributed by atoms with Crippen LogP contribution >= 0.6 is 0 Å². The maximum Gasteiger partial charge on any atom is 0.242 e. The number of likely N-dealkylation sites (tertiary alicyclic amines) is 1. The highest BCUT2D eigenvalue weighted by Crippen LogP contribution is 2.33. The highest BCUT2D eigenvalue weighted by Gasteiger charge is 2.43. The predicted molar refractivity (Wildman–Crippen MR) is 84.8 cm³/mol. The Labute approximate surface area is 135 Å². The molecule has 1 aromatic carbocycles. The summed E-state index contributed by atoms with van der Waals surface area (Å²) in [6, 6.07) is 3.97. The van der Waals surface area contributed by atoms with Crippen molar-refractivity contribution in [1.29, 1.82) is 0 Å². The van der Waals surface area contributed by atoms with Gasteiger partial charge in [-0.25, -0.2) is 8.78 Å². The third kappa shape index (κ3) is 3.39. The molecule has 2 aliphatic rings. The molecule has 0 unspecified atom stereocenters. The van der Waals surface area contributed by atoms with Crippen molar-refractivity contribution in [2.45, 2.75) is 50.5 Å². The Hall–Kier alpha value is -1.49. The van der Waals surface area contributed by atoms with Crippen molar-refractivity contribution in [2.75, 3.05) is 13.1 Å². The number of benzene rings is 1. The number of piperidine rings is 1. The Bertz CT molecular complexity index is 566. The SMILES string of the molecule is NC1(C(=O)N2CCC[C@H](CCc3c(F)cccc3F)C2)CCC1. The molecule has 3 rings (SSSR count). The first-order chi connectivity index (χ1) is 11.0. The van der Waals surface area contributed by atoms with Crippen LogP contribution in [0.5, 0.6) is 0 Å². The van der Waals surface area contributed by atoms with E-state index in [-0.39, 0.29) is 17.4 Å². The largest absolute Gasteiger partial charge is 0.341 e. The van der Waals surface area contributed by atoms with E-state index >= 15 is 0 Å². The lowest BCUT2D eigenvalue weighted by atomic mass is 9.76. The Morgan fingerprint density at radius 1 is 1.26 bits per heavy atom. The molecule has 1 amide bonds. The molecule has 0 bridgehead atoms. The fraction of sp³-hybridized carbons (Fsp3) is 0.611. The van der Waals surface area contributed by atoms with Crippen molar-refractivity contribution in [3.05, 3.63) is 35.4 Å². The van der Waals surface area contributed by atoms with Crippen molar-refractivity contribution in [3.63, 3.8) is 0 Å². The van der Waals surface area contributed by atoms with Crippen LogP contribution in [0.15, 0.2) is 18.2 Å². The van der Waals surface area contributed by atoms with E-state index in [4.69, 9.17) is 5.73 Å². The topological polar surface area (TPSA) is 46.3 Å². The second-order valence-corrected chi connectivity index (χ2v) is 7.01. The maximum atomic E-state index is 13.7. The van der Waals surface area contributed by atoms with Gasteiger partial charge in [-0.15, -0.1) is 0 Å². The summed E-state index contributed by atoms with van der Waals surface area (Å²) in [5.74, 6) is -0.617. The lowest BCUT2D eigenvalue weighted by Crippen LogP contribution is -2.60. The maximum absolute atomic E-state index is 13.7. The molecule has 23 heavy (non-hydrogen) atoms. The van der Waals surface area contributed by atoms with Gasteiger partial charge in [0, 0.05) is 18.7 Å². The summed E-state index contributed by atoms with van der Waals surface area (Å²) >= 11 is 0. The highest BCUT2D eigenvalue weighted by atomic mass is 19.1. The van der Waals surface area contributed by atoms with Crippen LogP contribution in [-0.2, 0) is 11.2 Å². The monoisotopic (exact) mass is 322 g/mol. The zero-order chi connectivity index (χ0) is 16.4. The van der Waals surface area contributed by atoms with Gasteiger partial charge in [-0.2, -0.15) is 0 Å². The molecule has 126 valence electrons. The Morgan fingerprint density at radius 2 is 1.96 bits per heavy atom. The molecule has 0 radical (unpaired) electrons. The first kappa shape index (κ1) is 16.4. The number of carbonyl (C=O) groups excluding carboxylic acids is 1. The minimum absolute atomic E-state index is 0.0607. The van der Waals surface area contributed by atoms with Gasteiger partial charge in [0.15, 0.2) is 0 Å². The molecule has 1 saturated carbocycles. The van der Waals surface area contributed by atoms with Crippen molar-refractivity contribution >= 4 is 5.91 Å². The summed E-state index contributed by atoms with van der Waals surface area (Å²) in [6.45, 7) is 1.41. The standard InChI is InChI=1S/C18H24F2N2O/c19-15-5-1-6-16(20)14(15)8-7-13-4-2-11-22(12-13)17(23)18(21)9-3-10-18/h1,5-6,13H,2-4,7-12,21H2/t13-/m1/s1. The van der Waals surface area contributed by atoms with Gasteiger partial charge in [0.2, 0.25) is 5.91 Å². The Morgan fingerprint density at radius 3 is 2.57 bits per heavy atom. The van der Waals surface area contributed by atoms with Crippen LogP contribution in [0.3, 0.4) is 0 Å². The van der Waals surface area contributed by atoms with E-state index < -0.39 is 17.2 Å². The molecule has 1 atom stereocenters. The van der Waals surface area contributed by atoms with Gasteiger partial charge in [-0.3, -0.25) is 4.79 Å². The summed E-state index contributed by atoms with van der Waals surface area (Å²) in [4.78, 5) is 14.4. The number of halogens is 2. The number of nitrogens with zero attached hydrogens (tertiary/aromatic N) is 1. The van der Waals surface area contributed by atoms with Gasteiger partial charge >= 0.3 is 0 Å². The number of nitrogens with two attached hydrogens (primary N) is 1. The third-order valence-electron chi connectivity index (χ3n) is 5.34. The lowest BCUT2D eigenvalue weighted by molar-refractivity contribution is -0.142. The summed E-state index contributed by atoms with van der Waals surface area (Å²) in [5, 5.41) is 0. The number of carbonyl (C=O) groups is 1. The van der Waals surface area contributed by atoms with E-state index in [2.05, 4.69) is 0 Å². The number of amides is 1. The fourth-order valence-electron chi connectivity index (χ4n) is 3.69. The second kappa shape index (κ2) is 6.56. The molecule has 2 fully saturated rings. The lowest BCUT2D eigenvalue weighted by Gasteiger charge is -2.43. The van der Waals surface area contributed by atoms with Crippen molar-refractivity contribution in [2.24, 2.45) is 11.7 Å². The quantitative estimate of drug-likeness (QED) is 0.926. The van der Waals surface area contributed by atoms with Crippen LogP contribution in [0.4, 0.5) is 8.78 Å². The molecule has 1 aromatic rings. The first-order valence-corrected chi connectivity index (χ1v) is 8.51. The minimum atomic E-state index is -0.653. The number of rotatable bonds is 4. The summed E-state index contributed by atoms with van der Waals surface area (Å²) in [7, 11) is 0. The summed E-state index contributed by atoms with van der Waals surface area (Å²) in [6.07, 6.45) is 5.56. The van der Waals surface area contributed by atoms with Gasteiger partial charge in [0.25, 0.3) is 0 Å². The van der Waals surface area contributed by atoms with Crippen LogP contribution < -0.4 is 5.73 Å². The zero-order valence-corrected chi connectivity index (χ0v) is 13.4. The first-order valence-electron chi connectivity index (χ1n) is 8.51. The van der Waals surface area contributed by atoms with Gasteiger partial charge in [-0.1, -0.05) is 6.07 Å². The van der Waals surface area contributed by atoms with Crippen LogP contribution in [0.2, 0.25) is 0 Å². The molecule has 5 heteroatoms. The van der Waals surface area contributed by atoms with E-state index in [0.29, 0.717) is 19.4 Å². The molecule has 1 aliphatic carbocycles. The van der Waals surface area contributed by atoms with Gasteiger partial charge in [0.1, 0.15) is 11.6 Å². The van der Waals surface area contributed by atoms with Crippen LogP contribution in [-0.4, -0.2) is 29.4 Å². The predicted octanol–water partition coefficient (Wildman–Crippen LogP) is 3.02. The summed E-state index contributed by atoms with van der Waals surface area (Å²) in [5.41, 5.74) is 5.64. The molecular formula is C18H24F2N2O. The van der Waals surface area contributed by atoms with E-state index in [1.54, 1.807) is 0 Å². The van der Waals surface area contributed by atoms with Gasteiger partial charge in [-0.05, 0) is 63.0 Å².